The predicted molar refractivity (Wildman–Crippen MR) is 97.7 cm³/mol. The summed E-state index contributed by atoms with van der Waals surface area (Å²) in [6, 6.07) is 22.9. The van der Waals surface area contributed by atoms with E-state index in [4.69, 9.17) is 9.15 Å². The van der Waals surface area contributed by atoms with Gasteiger partial charge in [-0.25, -0.2) is 0 Å². The number of ether oxygens (including phenoxy) is 1. The van der Waals surface area contributed by atoms with E-state index in [1.54, 1.807) is 25.3 Å². The van der Waals surface area contributed by atoms with Crippen LogP contribution in [0.4, 0.5) is 0 Å². The third kappa shape index (κ3) is 2.90. The Balaban J connectivity index is 1.78. The number of methoxy groups -OCH3 is 1. The van der Waals surface area contributed by atoms with Crippen molar-refractivity contribution in [3.63, 3.8) is 0 Å². The minimum atomic E-state index is -0.314. The van der Waals surface area contributed by atoms with Gasteiger partial charge in [0.1, 0.15) is 11.3 Å². The first-order valence-electron chi connectivity index (χ1n) is 7.89. The van der Waals surface area contributed by atoms with E-state index in [2.05, 4.69) is 17.1 Å². The summed E-state index contributed by atoms with van der Waals surface area (Å²) in [5.74, 6) is 0.928. The highest BCUT2D eigenvalue weighted by Crippen LogP contribution is 2.26. The summed E-state index contributed by atoms with van der Waals surface area (Å²) in [4.78, 5) is 16.3. The SMILES string of the molecule is COc1ccc2c(=O)nc(-c3ccc(-c4ccccc4)cc3)oc2c1. The highest BCUT2D eigenvalue weighted by molar-refractivity contribution is 5.78. The van der Waals surface area contributed by atoms with Gasteiger partial charge in [0.25, 0.3) is 5.56 Å². The van der Waals surface area contributed by atoms with E-state index >= 15 is 0 Å². The number of hydrogen-bond acceptors (Lipinski definition) is 4. The summed E-state index contributed by atoms with van der Waals surface area (Å²) < 4.78 is 11.0. The molecule has 25 heavy (non-hydrogen) atoms. The molecule has 1 heterocycles. The number of hydrogen-bond donors (Lipinski definition) is 0. The van der Waals surface area contributed by atoms with Crippen LogP contribution in [0.2, 0.25) is 0 Å². The van der Waals surface area contributed by atoms with Gasteiger partial charge in [-0.15, -0.1) is 0 Å². The van der Waals surface area contributed by atoms with Crippen molar-refractivity contribution in [2.45, 2.75) is 0 Å². The molecule has 0 aliphatic heterocycles. The molecule has 1 aromatic heterocycles. The molecule has 0 aliphatic carbocycles. The minimum Gasteiger partial charge on any atom is -0.497 e. The predicted octanol–water partition coefficient (Wildman–Crippen LogP) is 4.53. The zero-order valence-electron chi connectivity index (χ0n) is 13.6. The fourth-order valence-electron chi connectivity index (χ4n) is 2.73. The van der Waals surface area contributed by atoms with Crippen LogP contribution in [-0.4, -0.2) is 12.1 Å². The lowest BCUT2D eigenvalue weighted by Crippen LogP contribution is -2.07. The lowest BCUT2D eigenvalue weighted by molar-refractivity contribution is 0.414. The normalized spacial score (nSPS) is 10.8. The summed E-state index contributed by atoms with van der Waals surface area (Å²) >= 11 is 0. The van der Waals surface area contributed by atoms with Crippen LogP contribution in [-0.2, 0) is 0 Å². The van der Waals surface area contributed by atoms with Gasteiger partial charge in [0.2, 0.25) is 5.89 Å². The van der Waals surface area contributed by atoms with E-state index in [9.17, 15) is 4.79 Å². The molecule has 0 amide bonds. The van der Waals surface area contributed by atoms with Gasteiger partial charge in [-0.2, -0.15) is 4.98 Å². The Bertz CT molecular complexity index is 1080. The van der Waals surface area contributed by atoms with Gasteiger partial charge in [0.05, 0.1) is 12.5 Å². The number of benzene rings is 3. The molecule has 4 nitrogen and oxygen atoms in total. The van der Waals surface area contributed by atoms with Crippen LogP contribution in [0, 0.1) is 0 Å². The van der Waals surface area contributed by atoms with Crippen molar-refractivity contribution >= 4 is 11.0 Å². The first kappa shape index (κ1) is 15.1. The standard InChI is InChI=1S/C21H15NO3/c1-24-17-11-12-18-19(13-17)25-21(22-20(18)23)16-9-7-15(8-10-16)14-5-3-2-4-6-14/h2-13H,1H3. The van der Waals surface area contributed by atoms with Crippen LogP contribution >= 0.6 is 0 Å². The Kier molecular flexibility index (Phi) is 3.78. The summed E-state index contributed by atoms with van der Waals surface area (Å²) in [7, 11) is 1.57. The summed E-state index contributed by atoms with van der Waals surface area (Å²) in [5, 5.41) is 0.436. The molecule has 0 fully saturated rings. The maximum absolute atomic E-state index is 12.2. The Morgan fingerprint density at radius 2 is 1.52 bits per heavy atom. The molecule has 4 heteroatoms. The highest BCUT2D eigenvalue weighted by atomic mass is 16.5. The maximum Gasteiger partial charge on any atom is 0.284 e. The van der Waals surface area contributed by atoms with E-state index in [-0.39, 0.29) is 5.56 Å². The van der Waals surface area contributed by atoms with E-state index in [0.29, 0.717) is 22.6 Å². The van der Waals surface area contributed by atoms with Crippen LogP contribution in [0.25, 0.3) is 33.6 Å². The average molecular weight is 329 g/mol. The maximum atomic E-state index is 12.2. The van der Waals surface area contributed by atoms with Gasteiger partial charge >= 0.3 is 0 Å². The van der Waals surface area contributed by atoms with Crippen LogP contribution in [0.15, 0.2) is 82.0 Å². The molecular weight excluding hydrogens is 314 g/mol. The first-order chi connectivity index (χ1) is 12.2. The molecule has 0 saturated carbocycles. The third-order valence-corrected chi connectivity index (χ3v) is 4.07. The summed E-state index contributed by atoms with van der Waals surface area (Å²) in [5.41, 5.74) is 3.12. The zero-order chi connectivity index (χ0) is 17.2. The van der Waals surface area contributed by atoms with Crippen molar-refractivity contribution in [1.82, 2.24) is 4.98 Å². The van der Waals surface area contributed by atoms with Crippen LogP contribution < -0.4 is 10.3 Å². The number of fused-ring (bicyclic) bond motifs is 1. The smallest absolute Gasteiger partial charge is 0.284 e. The molecule has 0 spiro atoms. The Hall–Kier alpha value is -3.40. The summed E-state index contributed by atoms with van der Waals surface area (Å²) in [6.07, 6.45) is 0. The van der Waals surface area contributed by atoms with Gasteiger partial charge in [-0.05, 0) is 35.4 Å². The van der Waals surface area contributed by atoms with E-state index in [1.165, 1.54) is 0 Å². The molecular formula is C21H15NO3. The Morgan fingerprint density at radius 1 is 0.840 bits per heavy atom. The molecule has 4 rings (SSSR count). The molecule has 122 valence electrons. The van der Waals surface area contributed by atoms with Crippen molar-refractivity contribution in [3.8, 4) is 28.3 Å². The molecule has 0 bridgehead atoms. The molecule has 0 aliphatic rings. The van der Waals surface area contributed by atoms with Crippen molar-refractivity contribution in [2.24, 2.45) is 0 Å². The number of rotatable bonds is 3. The molecule has 0 saturated heterocycles. The Labute approximate surface area is 144 Å². The van der Waals surface area contributed by atoms with Crippen LogP contribution in [0.3, 0.4) is 0 Å². The van der Waals surface area contributed by atoms with Crippen LogP contribution in [0.5, 0.6) is 5.75 Å². The van der Waals surface area contributed by atoms with Crippen molar-refractivity contribution in [3.05, 3.63) is 83.2 Å². The molecule has 4 aromatic rings. The monoisotopic (exact) mass is 329 g/mol. The zero-order valence-corrected chi connectivity index (χ0v) is 13.6. The second-order valence-electron chi connectivity index (χ2n) is 5.63. The highest BCUT2D eigenvalue weighted by Gasteiger charge is 2.10. The fraction of sp³-hybridized carbons (Fsp3) is 0.0476. The fourth-order valence-corrected chi connectivity index (χ4v) is 2.73. The lowest BCUT2D eigenvalue weighted by atomic mass is 10.0. The lowest BCUT2D eigenvalue weighted by Gasteiger charge is -2.05. The second kappa shape index (κ2) is 6.24. The van der Waals surface area contributed by atoms with E-state index in [1.807, 2.05) is 42.5 Å². The molecule has 0 N–H and O–H groups in total. The molecule has 0 atom stereocenters. The number of nitrogens with zero attached hydrogens (tertiary/aromatic N) is 1. The van der Waals surface area contributed by atoms with Gasteiger partial charge in [0, 0.05) is 11.6 Å². The Morgan fingerprint density at radius 3 is 2.24 bits per heavy atom. The largest absolute Gasteiger partial charge is 0.497 e. The second-order valence-corrected chi connectivity index (χ2v) is 5.63. The van der Waals surface area contributed by atoms with Crippen molar-refractivity contribution < 1.29 is 9.15 Å². The number of aromatic nitrogens is 1. The van der Waals surface area contributed by atoms with Crippen LogP contribution in [0.1, 0.15) is 0 Å². The average Bonchev–Trinajstić information content (AvgIpc) is 2.68. The van der Waals surface area contributed by atoms with Gasteiger partial charge in [-0.1, -0.05) is 42.5 Å². The summed E-state index contributed by atoms with van der Waals surface area (Å²) in [6.45, 7) is 0. The van der Waals surface area contributed by atoms with Crippen molar-refractivity contribution in [1.29, 1.82) is 0 Å². The topological polar surface area (TPSA) is 52.3 Å². The van der Waals surface area contributed by atoms with Gasteiger partial charge < -0.3 is 9.15 Å². The first-order valence-corrected chi connectivity index (χ1v) is 7.89. The van der Waals surface area contributed by atoms with Gasteiger partial charge in [-0.3, -0.25) is 4.79 Å². The molecule has 3 aromatic carbocycles. The molecule has 0 unspecified atom stereocenters. The minimum absolute atomic E-state index is 0.297. The van der Waals surface area contributed by atoms with Gasteiger partial charge in [0.15, 0.2) is 0 Å². The quantitative estimate of drug-likeness (QED) is 0.554. The molecule has 0 radical (unpaired) electrons. The van der Waals surface area contributed by atoms with E-state index < -0.39 is 0 Å². The van der Waals surface area contributed by atoms with Crippen molar-refractivity contribution in [2.75, 3.05) is 7.11 Å². The van der Waals surface area contributed by atoms with E-state index in [0.717, 1.165) is 16.7 Å². The third-order valence-electron chi connectivity index (χ3n) is 4.07.